The second kappa shape index (κ2) is 9.94. The highest BCUT2D eigenvalue weighted by molar-refractivity contribution is 7.07. The van der Waals surface area contributed by atoms with Crippen LogP contribution in [-0.2, 0) is 9.53 Å². The molecule has 0 bridgehead atoms. The van der Waals surface area contributed by atoms with Gasteiger partial charge >= 0.3 is 5.97 Å². The van der Waals surface area contributed by atoms with Crippen molar-refractivity contribution in [2.24, 2.45) is 4.99 Å². The molecule has 4 rings (SSSR count). The number of hydrogen-bond donors (Lipinski definition) is 0. The van der Waals surface area contributed by atoms with E-state index in [0.29, 0.717) is 26.4 Å². The molecule has 0 unspecified atom stereocenters. The molecule has 34 heavy (non-hydrogen) atoms. The van der Waals surface area contributed by atoms with Gasteiger partial charge in [-0.3, -0.25) is 9.36 Å². The third-order valence-corrected chi connectivity index (χ3v) is 6.41. The lowest BCUT2D eigenvalue weighted by Gasteiger charge is -2.24. The Kier molecular flexibility index (Phi) is 6.80. The lowest BCUT2D eigenvalue weighted by atomic mass is 9.95. The molecule has 0 amide bonds. The Labute approximate surface area is 201 Å². The fourth-order valence-electron chi connectivity index (χ4n) is 3.85. The Morgan fingerprint density at radius 1 is 1.21 bits per heavy atom. The molecule has 2 heterocycles. The molecule has 2 aromatic carbocycles. The maximum absolute atomic E-state index is 13.7. The number of allylic oxidation sites excluding steroid dienone is 1. The molecular weight excluding hydrogens is 448 g/mol. The summed E-state index contributed by atoms with van der Waals surface area (Å²) >= 11 is 1.27. The van der Waals surface area contributed by atoms with Gasteiger partial charge in [-0.15, -0.1) is 6.42 Å². The first-order valence-corrected chi connectivity index (χ1v) is 11.7. The van der Waals surface area contributed by atoms with E-state index in [1.54, 1.807) is 30.6 Å². The van der Waals surface area contributed by atoms with Crippen LogP contribution in [0.5, 0.6) is 5.75 Å². The molecule has 172 valence electrons. The van der Waals surface area contributed by atoms with Crippen LogP contribution in [0.2, 0.25) is 0 Å². The number of rotatable bonds is 6. The summed E-state index contributed by atoms with van der Waals surface area (Å²) in [5.41, 5.74) is 3.29. The minimum absolute atomic E-state index is 0.127. The van der Waals surface area contributed by atoms with Gasteiger partial charge in [-0.05, 0) is 38.5 Å². The van der Waals surface area contributed by atoms with E-state index in [1.807, 2.05) is 49.4 Å². The van der Waals surface area contributed by atoms with Crippen LogP contribution in [0.15, 0.2) is 69.6 Å². The second-order valence-electron chi connectivity index (χ2n) is 7.74. The van der Waals surface area contributed by atoms with Gasteiger partial charge in [-0.2, -0.15) is 0 Å². The summed E-state index contributed by atoms with van der Waals surface area (Å²) in [7, 11) is 0. The lowest BCUT2D eigenvalue weighted by molar-refractivity contribution is -0.139. The molecule has 0 aliphatic carbocycles. The van der Waals surface area contributed by atoms with E-state index in [4.69, 9.17) is 15.9 Å². The Morgan fingerprint density at radius 3 is 2.65 bits per heavy atom. The van der Waals surface area contributed by atoms with E-state index in [2.05, 4.69) is 10.9 Å². The van der Waals surface area contributed by atoms with E-state index in [1.165, 1.54) is 11.3 Å². The molecule has 0 N–H and O–H groups in total. The summed E-state index contributed by atoms with van der Waals surface area (Å²) in [4.78, 5) is 31.7. The summed E-state index contributed by atoms with van der Waals surface area (Å²) < 4.78 is 13.0. The Balaban J connectivity index is 1.93. The zero-order chi connectivity index (χ0) is 24.2. The molecule has 0 fully saturated rings. The average Bonchev–Trinajstić information content (AvgIpc) is 3.12. The first-order chi connectivity index (χ1) is 16.4. The van der Waals surface area contributed by atoms with Crippen molar-refractivity contribution in [3.63, 3.8) is 0 Å². The lowest BCUT2D eigenvalue weighted by Crippen LogP contribution is -2.39. The number of fused-ring (bicyclic) bond motifs is 1. The molecule has 6 nitrogen and oxygen atoms in total. The van der Waals surface area contributed by atoms with Crippen LogP contribution < -0.4 is 19.6 Å². The maximum Gasteiger partial charge on any atom is 0.338 e. The van der Waals surface area contributed by atoms with E-state index in [0.717, 1.165) is 16.7 Å². The predicted octanol–water partition coefficient (Wildman–Crippen LogP) is 3.12. The quantitative estimate of drug-likeness (QED) is 0.408. The van der Waals surface area contributed by atoms with Gasteiger partial charge in [-0.1, -0.05) is 65.3 Å². The van der Waals surface area contributed by atoms with Crippen LogP contribution in [0.4, 0.5) is 0 Å². The number of esters is 1. The third kappa shape index (κ3) is 4.45. The largest absolute Gasteiger partial charge is 0.480 e. The van der Waals surface area contributed by atoms with Crippen molar-refractivity contribution in [1.29, 1.82) is 0 Å². The standard InChI is InChI=1S/C27H24N2O4S/c1-5-15-33-21-10-8-7-9-20(21)16-22-25(30)29-24(19-13-11-17(3)12-14-19)23(26(31)32-6-2)18(4)28-27(29)34-22/h1,7-14,16,24H,6,15H2,2-4H3/b22-16-/t24-/m1/s1. The SMILES string of the molecule is C#CCOc1ccccc1/C=c1\sc2n(c1=O)[C@H](c1ccc(C)cc1)C(C(=O)OCC)=C(C)N=2. The van der Waals surface area contributed by atoms with Crippen molar-refractivity contribution in [3.05, 3.63) is 96.2 Å². The van der Waals surface area contributed by atoms with Crippen molar-refractivity contribution in [1.82, 2.24) is 4.57 Å². The van der Waals surface area contributed by atoms with Crippen LogP contribution in [0.1, 0.15) is 36.6 Å². The minimum atomic E-state index is -0.633. The summed E-state index contributed by atoms with van der Waals surface area (Å²) in [6, 6.07) is 14.5. The van der Waals surface area contributed by atoms with Crippen molar-refractivity contribution in [3.8, 4) is 18.1 Å². The van der Waals surface area contributed by atoms with Crippen LogP contribution in [0, 0.1) is 19.3 Å². The summed E-state index contributed by atoms with van der Waals surface area (Å²) in [5.74, 6) is 2.57. The number of nitrogens with zero attached hydrogens (tertiary/aromatic N) is 2. The van der Waals surface area contributed by atoms with Gasteiger partial charge in [0.25, 0.3) is 5.56 Å². The number of carbonyl (C=O) groups is 1. The van der Waals surface area contributed by atoms with Gasteiger partial charge in [0.1, 0.15) is 12.4 Å². The van der Waals surface area contributed by atoms with Gasteiger partial charge in [0.05, 0.1) is 28.5 Å². The van der Waals surface area contributed by atoms with Gasteiger partial charge in [0, 0.05) is 5.56 Å². The van der Waals surface area contributed by atoms with Crippen molar-refractivity contribution in [2.75, 3.05) is 13.2 Å². The van der Waals surface area contributed by atoms with Crippen LogP contribution in [0.3, 0.4) is 0 Å². The Morgan fingerprint density at radius 2 is 1.94 bits per heavy atom. The molecule has 0 saturated heterocycles. The normalized spacial score (nSPS) is 15.4. The monoisotopic (exact) mass is 472 g/mol. The van der Waals surface area contributed by atoms with Crippen molar-refractivity contribution in [2.45, 2.75) is 26.8 Å². The molecule has 0 spiro atoms. The van der Waals surface area contributed by atoms with Crippen molar-refractivity contribution < 1.29 is 14.3 Å². The first-order valence-electron chi connectivity index (χ1n) is 10.9. The fraction of sp³-hybridized carbons (Fsp3) is 0.222. The van der Waals surface area contributed by atoms with E-state index in [9.17, 15) is 9.59 Å². The summed E-state index contributed by atoms with van der Waals surface area (Å²) in [5, 5.41) is 0. The third-order valence-electron chi connectivity index (χ3n) is 5.43. The summed E-state index contributed by atoms with van der Waals surface area (Å²) in [6.45, 7) is 5.87. The van der Waals surface area contributed by atoms with Gasteiger partial charge in [0.15, 0.2) is 4.80 Å². The van der Waals surface area contributed by atoms with E-state index in [-0.39, 0.29) is 18.8 Å². The highest BCUT2D eigenvalue weighted by Gasteiger charge is 2.33. The zero-order valence-corrected chi connectivity index (χ0v) is 20.0. The second-order valence-corrected chi connectivity index (χ2v) is 8.75. The van der Waals surface area contributed by atoms with E-state index < -0.39 is 12.0 Å². The van der Waals surface area contributed by atoms with Gasteiger partial charge in [-0.25, -0.2) is 9.79 Å². The smallest absolute Gasteiger partial charge is 0.338 e. The van der Waals surface area contributed by atoms with Gasteiger partial charge < -0.3 is 9.47 Å². The van der Waals surface area contributed by atoms with Crippen LogP contribution >= 0.6 is 11.3 Å². The predicted molar refractivity (Wildman–Crippen MR) is 132 cm³/mol. The molecule has 0 radical (unpaired) electrons. The molecule has 1 aromatic heterocycles. The van der Waals surface area contributed by atoms with Crippen LogP contribution in [0.25, 0.3) is 6.08 Å². The highest BCUT2D eigenvalue weighted by Crippen LogP contribution is 2.30. The number of benzene rings is 2. The molecule has 3 aromatic rings. The number of thiazole rings is 1. The zero-order valence-electron chi connectivity index (χ0n) is 19.2. The number of para-hydroxylation sites is 1. The highest BCUT2D eigenvalue weighted by atomic mass is 32.1. The molecular formula is C27H24N2O4S. The average molecular weight is 473 g/mol. The first kappa shape index (κ1) is 23.3. The maximum atomic E-state index is 13.7. The molecule has 0 saturated carbocycles. The Bertz CT molecular complexity index is 1490. The Hall–Kier alpha value is -3.89. The molecule has 7 heteroatoms. The fourth-order valence-corrected chi connectivity index (χ4v) is 4.89. The number of ether oxygens (including phenoxy) is 2. The molecule has 1 atom stereocenters. The molecule has 1 aliphatic rings. The number of aryl methyl sites for hydroxylation is 1. The van der Waals surface area contributed by atoms with Gasteiger partial charge in [0.2, 0.25) is 0 Å². The molecule has 1 aliphatic heterocycles. The minimum Gasteiger partial charge on any atom is -0.480 e. The summed E-state index contributed by atoms with van der Waals surface area (Å²) in [6.07, 6.45) is 7.10. The number of terminal acetylenes is 1. The van der Waals surface area contributed by atoms with E-state index >= 15 is 0 Å². The van der Waals surface area contributed by atoms with Crippen LogP contribution in [-0.4, -0.2) is 23.8 Å². The number of hydrogen-bond acceptors (Lipinski definition) is 6. The van der Waals surface area contributed by atoms with Crippen molar-refractivity contribution >= 4 is 23.4 Å². The number of carbonyl (C=O) groups excluding carboxylic acids is 1. The topological polar surface area (TPSA) is 69.9 Å². The number of aromatic nitrogens is 1.